The Balaban J connectivity index is 1.47. The average Bonchev–Trinajstić information content (AvgIpc) is 3.31. The predicted octanol–water partition coefficient (Wildman–Crippen LogP) is 6.27. The molecule has 1 aromatic carbocycles. The number of pyridine rings is 1. The first kappa shape index (κ1) is 28.2. The molecular weight excluding hydrogens is 560 g/mol. The number of allylic oxidation sites excluding steroid dienone is 2. The van der Waals surface area contributed by atoms with Gasteiger partial charge < -0.3 is 20.4 Å². The molecule has 1 fully saturated rings. The number of hydrogen-bond donors (Lipinski definition) is 3. The number of carbonyl (C=O) groups excluding carboxylic acids is 1. The molecule has 11 heteroatoms. The molecule has 0 saturated heterocycles. The standard InChI is InChI=1S/C29H28ClF2N3O4S/c30-24-23-21(31)7-8-22(32)25(23)40-26(24)27(36)35(20-5-3-17(4-6-20)15-34-28(37)38)16-29(39)11-1-2-19(14-29)18-9-12-33-13-10-18/h1-2,7-10,12-14,17,20,34,39H,3-6,11,15-16H2,(H,37,38). The summed E-state index contributed by atoms with van der Waals surface area (Å²) in [7, 11) is 0. The summed E-state index contributed by atoms with van der Waals surface area (Å²) >= 11 is 7.29. The number of carboxylic acid groups (broad SMARTS) is 1. The first-order valence-electron chi connectivity index (χ1n) is 13.0. The number of thiophene rings is 1. The minimum atomic E-state index is -1.40. The van der Waals surface area contributed by atoms with Gasteiger partial charge in [-0.15, -0.1) is 11.3 Å². The van der Waals surface area contributed by atoms with Gasteiger partial charge in [0.1, 0.15) is 22.1 Å². The molecule has 40 heavy (non-hydrogen) atoms. The maximum atomic E-state index is 14.6. The monoisotopic (exact) mass is 587 g/mol. The Hall–Kier alpha value is -3.34. The Bertz CT molecular complexity index is 1490. The lowest BCUT2D eigenvalue weighted by atomic mass is 9.83. The number of amides is 2. The molecule has 3 N–H and O–H groups in total. The van der Waals surface area contributed by atoms with Gasteiger partial charge >= 0.3 is 6.09 Å². The second-order valence-electron chi connectivity index (χ2n) is 10.3. The van der Waals surface area contributed by atoms with Gasteiger partial charge in [-0.1, -0.05) is 23.8 Å². The lowest BCUT2D eigenvalue weighted by Crippen LogP contribution is -2.51. The van der Waals surface area contributed by atoms with Gasteiger partial charge in [-0.3, -0.25) is 9.78 Å². The van der Waals surface area contributed by atoms with Crippen LogP contribution in [0.2, 0.25) is 5.02 Å². The van der Waals surface area contributed by atoms with Gasteiger partial charge in [-0.25, -0.2) is 13.6 Å². The van der Waals surface area contributed by atoms with Crippen LogP contribution in [0.3, 0.4) is 0 Å². The number of nitrogens with one attached hydrogen (secondary N) is 1. The third-order valence-corrected chi connectivity index (χ3v) is 9.26. The van der Waals surface area contributed by atoms with Crippen molar-refractivity contribution in [2.45, 2.75) is 43.7 Å². The molecule has 0 aliphatic heterocycles. The Morgan fingerprint density at radius 2 is 1.82 bits per heavy atom. The highest BCUT2D eigenvalue weighted by atomic mass is 35.5. The fourth-order valence-corrected chi connectivity index (χ4v) is 7.05. The SMILES string of the molecule is O=C(O)NCC1CCC(N(CC2(O)C=C(c3ccncc3)C=CC2)C(=O)c2sc3c(F)ccc(F)c3c2Cl)CC1. The molecule has 210 valence electrons. The average molecular weight is 588 g/mol. The zero-order chi connectivity index (χ0) is 28.4. The number of rotatable bonds is 7. The van der Waals surface area contributed by atoms with Crippen LogP contribution in [0.25, 0.3) is 15.7 Å². The lowest BCUT2D eigenvalue weighted by molar-refractivity contribution is 0.0181. The van der Waals surface area contributed by atoms with Crippen LogP contribution in [-0.2, 0) is 0 Å². The molecule has 2 aliphatic rings. The third-order valence-electron chi connectivity index (χ3n) is 7.59. The maximum Gasteiger partial charge on any atom is 0.404 e. The summed E-state index contributed by atoms with van der Waals surface area (Å²) in [5.41, 5.74) is 0.257. The first-order valence-corrected chi connectivity index (χ1v) is 14.2. The molecule has 2 amide bonds. The number of nitrogens with zero attached hydrogens (tertiary/aromatic N) is 2. The minimum Gasteiger partial charge on any atom is -0.465 e. The molecule has 2 aromatic heterocycles. The maximum absolute atomic E-state index is 14.6. The number of carbonyl (C=O) groups is 2. The number of halogens is 3. The molecular formula is C29H28ClF2N3O4S. The number of benzene rings is 1. The Morgan fingerprint density at radius 1 is 1.12 bits per heavy atom. The summed E-state index contributed by atoms with van der Waals surface area (Å²) < 4.78 is 29.1. The summed E-state index contributed by atoms with van der Waals surface area (Å²) in [6, 6.07) is 5.37. The molecule has 3 aromatic rings. The van der Waals surface area contributed by atoms with Crippen molar-refractivity contribution in [1.82, 2.24) is 15.2 Å². The Kier molecular flexibility index (Phi) is 8.21. The predicted molar refractivity (Wildman–Crippen MR) is 150 cm³/mol. The molecule has 0 bridgehead atoms. The van der Waals surface area contributed by atoms with E-state index in [2.05, 4.69) is 10.3 Å². The van der Waals surface area contributed by atoms with Crippen molar-refractivity contribution in [3.8, 4) is 0 Å². The summed E-state index contributed by atoms with van der Waals surface area (Å²) in [4.78, 5) is 30.6. The van der Waals surface area contributed by atoms with Gasteiger partial charge in [0.2, 0.25) is 0 Å². The van der Waals surface area contributed by atoms with Gasteiger partial charge in [-0.2, -0.15) is 0 Å². The number of aliphatic hydroxyl groups is 1. The van der Waals surface area contributed by atoms with E-state index < -0.39 is 29.2 Å². The van der Waals surface area contributed by atoms with Crippen LogP contribution in [0, 0.1) is 17.6 Å². The van der Waals surface area contributed by atoms with E-state index in [4.69, 9.17) is 16.7 Å². The van der Waals surface area contributed by atoms with E-state index in [0.717, 1.165) is 34.6 Å². The zero-order valence-corrected chi connectivity index (χ0v) is 23.0. The van der Waals surface area contributed by atoms with E-state index in [1.807, 2.05) is 24.3 Å². The zero-order valence-electron chi connectivity index (χ0n) is 21.4. The summed E-state index contributed by atoms with van der Waals surface area (Å²) in [6.45, 7) is 0.270. The van der Waals surface area contributed by atoms with E-state index in [1.165, 1.54) is 0 Å². The van der Waals surface area contributed by atoms with E-state index in [-0.39, 0.29) is 44.9 Å². The minimum absolute atomic E-state index is 0.0172. The highest BCUT2D eigenvalue weighted by Crippen LogP contribution is 2.41. The fraction of sp³-hybridized carbons (Fsp3) is 0.345. The molecule has 2 heterocycles. The van der Waals surface area contributed by atoms with Crippen LogP contribution in [0.15, 0.2) is 54.9 Å². The van der Waals surface area contributed by atoms with E-state index in [0.29, 0.717) is 32.2 Å². The van der Waals surface area contributed by atoms with Gasteiger partial charge in [0, 0.05) is 25.0 Å². The molecule has 0 radical (unpaired) electrons. The highest BCUT2D eigenvalue weighted by Gasteiger charge is 2.38. The van der Waals surface area contributed by atoms with Crippen molar-refractivity contribution in [2.75, 3.05) is 13.1 Å². The van der Waals surface area contributed by atoms with Crippen LogP contribution in [-0.4, -0.2) is 56.8 Å². The molecule has 1 atom stereocenters. The van der Waals surface area contributed by atoms with Gasteiger partial charge in [-0.05, 0) is 79.5 Å². The molecule has 5 rings (SSSR count). The summed E-state index contributed by atoms with van der Waals surface area (Å²) in [6.07, 6.45) is 10.5. The van der Waals surface area contributed by atoms with Crippen molar-refractivity contribution in [1.29, 1.82) is 0 Å². The second kappa shape index (κ2) is 11.6. The van der Waals surface area contributed by atoms with Crippen LogP contribution in [0.5, 0.6) is 0 Å². The van der Waals surface area contributed by atoms with Crippen molar-refractivity contribution >= 4 is 50.6 Å². The molecule has 1 unspecified atom stereocenters. The number of hydrogen-bond acceptors (Lipinski definition) is 5. The van der Waals surface area contributed by atoms with E-state index in [9.17, 15) is 23.5 Å². The smallest absolute Gasteiger partial charge is 0.404 e. The fourth-order valence-electron chi connectivity index (χ4n) is 5.54. The highest BCUT2D eigenvalue weighted by molar-refractivity contribution is 7.21. The van der Waals surface area contributed by atoms with Crippen LogP contribution in [0.4, 0.5) is 13.6 Å². The Labute approximate surface area is 238 Å². The van der Waals surface area contributed by atoms with E-state index >= 15 is 0 Å². The quantitative estimate of drug-likeness (QED) is 0.302. The summed E-state index contributed by atoms with van der Waals surface area (Å²) in [5.74, 6) is -1.75. The second-order valence-corrected chi connectivity index (χ2v) is 11.7. The van der Waals surface area contributed by atoms with Crippen LogP contribution in [0.1, 0.15) is 47.3 Å². The molecule has 2 aliphatic carbocycles. The lowest BCUT2D eigenvalue weighted by Gasteiger charge is -2.41. The largest absolute Gasteiger partial charge is 0.465 e. The van der Waals surface area contributed by atoms with Crippen molar-refractivity contribution in [3.05, 3.63) is 82.0 Å². The van der Waals surface area contributed by atoms with Gasteiger partial charge in [0.25, 0.3) is 5.91 Å². The molecule has 0 spiro atoms. The van der Waals surface area contributed by atoms with Crippen LogP contribution >= 0.6 is 22.9 Å². The molecule has 1 saturated carbocycles. The van der Waals surface area contributed by atoms with Crippen LogP contribution < -0.4 is 5.32 Å². The van der Waals surface area contributed by atoms with E-state index in [1.54, 1.807) is 23.4 Å². The van der Waals surface area contributed by atoms with Gasteiger partial charge in [0.05, 0.1) is 21.7 Å². The van der Waals surface area contributed by atoms with Crippen molar-refractivity contribution in [2.24, 2.45) is 5.92 Å². The normalized spacial score (nSPS) is 22.6. The summed E-state index contributed by atoms with van der Waals surface area (Å²) in [5, 5.41) is 22.8. The van der Waals surface area contributed by atoms with Crippen molar-refractivity contribution < 1.29 is 28.6 Å². The third kappa shape index (κ3) is 5.89. The Morgan fingerprint density at radius 3 is 2.50 bits per heavy atom. The number of fused-ring (bicyclic) bond motifs is 1. The molecule has 7 nitrogen and oxygen atoms in total. The topological polar surface area (TPSA) is 103 Å². The number of aromatic nitrogens is 1. The van der Waals surface area contributed by atoms with Crippen molar-refractivity contribution in [3.63, 3.8) is 0 Å². The first-order chi connectivity index (χ1) is 19.1. The van der Waals surface area contributed by atoms with Gasteiger partial charge in [0.15, 0.2) is 0 Å².